The smallest absolute Gasteiger partial charge is 0.125 e. The molecule has 3 rings (SSSR count). The second-order valence-corrected chi connectivity index (χ2v) is 5.26. The van der Waals surface area contributed by atoms with E-state index in [-0.39, 0.29) is 6.04 Å². The highest BCUT2D eigenvalue weighted by atomic mass is 16.3. The number of para-hydroxylation sites is 1. The molecular formula is C18H20N2O. The van der Waals surface area contributed by atoms with Crippen molar-refractivity contribution in [3.8, 4) is 0 Å². The van der Waals surface area contributed by atoms with E-state index in [1.54, 1.807) is 0 Å². The number of nitrogens with one attached hydrogen (secondary N) is 1. The van der Waals surface area contributed by atoms with E-state index in [0.29, 0.717) is 0 Å². The molecule has 0 saturated carbocycles. The number of furan rings is 1. The Morgan fingerprint density at radius 3 is 2.76 bits per heavy atom. The van der Waals surface area contributed by atoms with Gasteiger partial charge in [-0.25, -0.2) is 0 Å². The summed E-state index contributed by atoms with van der Waals surface area (Å²) in [4.78, 5) is 4.56. The van der Waals surface area contributed by atoms with E-state index in [4.69, 9.17) is 4.42 Å². The van der Waals surface area contributed by atoms with Crippen LogP contribution in [0.3, 0.4) is 0 Å². The van der Waals surface area contributed by atoms with Gasteiger partial charge in [0, 0.05) is 17.1 Å². The monoisotopic (exact) mass is 280 g/mol. The van der Waals surface area contributed by atoms with Gasteiger partial charge in [-0.1, -0.05) is 31.2 Å². The molecule has 3 heteroatoms. The summed E-state index contributed by atoms with van der Waals surface area (Å²) >= 11 is 0. The second-order valence-electron chi connectivity index (χ2n) is 5.26. The topological polar surface area (TPSA) is 38.1 Å². The number of nitrogens with zero attached hydrogens (tertiary/aromatic N) is 1. The molecule has 1 atom stereocenters. The summed E-state index contributed by atoms with van der Waals surface area (Å²) in [6, 6.07) is 14.5. The van der Waals surface area contributed by atoms with E-state index in [1.807, 2.05) is 31.3 Å². The fourth-order valence-electron chi connectivity index (χ4n) is 2.62. The molecule has 0 radical (unpaired) electrons. The lowest BCUT2D eigenvalue weighted by molar-refractivity contribution is 0.431. The molecule has 3 aromatic rings. The molecule has 0 aliphatic heterocycles. The van der Waals surface area contributed by atoms with Crippen molar-refractivity contribution in [1.29, 1.82) is 0 Å². The third kappa shape index (κ3) is 2.83. The molecule has 108 valence electrons. The van der Waals surface area contributed by atoms with Crippen molar-refractivity contribution in [2.75, 3.05) is 6.54 Å². The van der Waals surface area contributed by atoms with Crippen LogP contribution in [0.25, 0.3) is 10.9 Å². The van der Waals surface area contributed by atoms with Gasteiger partial charge >= 0.3 is 0 Å². The fourth-order valence-corrected chi connectivity index (χ4v) is 2.62. The van der Waals surface area contributed by atoms with Gasteiger partial charge in [-0.3, -0.25) is 4.98 Å². The number of aryl methyl sites for hydroxylation is 1. The Morgan fingerprint density at radius 2 is 2.00 bits per heavy atom. The highest BCUT2D eigenvalue weighted by Crippen LogP contribution is 2.28. The van der Waals surface area contributed by atoms with E-state index >= 15 is 0 Å². The molecule has 0 bridgehead atoms. The zero-order valence-electron chi connectivity index (χ0n) is 12.5. The summed E-state index contributed by atoms with van der Waals surface area (Å²) in [6.45, 7) is 5.08. The molecule has 1 N–H and O–H groups in total. The quantitative estimate of drug-likeness (QED) is 0.760. The first-order chi connectivity index (χ1) is 10.3. The zero-order chi connectivity index (χ0) is 14.7. The predicted octanol–water partition coefficient (Wildman–Crippen LogP) is 4.23. The van der Waals surface area contributed by atoms with Gasteiger partial charge in [0.05, 0.1) is 11.6 Å². The minimum atomic E-state index is 0.0391. The highest BCUT2D eigenvalue weighted by Gasteiger charge is 2.19. The van der Waals surface area contributed by atoms with Crippen molar-refractivity contribution in [3.05, 3.63) is 65.7 Å². The van der Waals surface area contributed by atoms with E-state index < -0.39 is 0 Å². The number of aromatic nitrogens is 1. The zero-order valence-corrected chi connectivity index (χ0v) is 12.5. The maximum absolute atomic E-state index is 5.86. The molecule has 2 aromatic heterocycles. The van der Waals surface area contributed by atoms with E-state index in [1.165, 1.54) is 0 Å². The molecule has 0 fully saturated rings. The highest BCUT2D eigenvalue weighted by molar-refractivity contribution is 5.82. The third-order valence-corrected chi connectivity index (χ3v) is 3.62. The second kappa shape index (κ2) is 6.10. The van der Waals surface area contributed by atoms with Crippen molar-refractivity contribution in [2.24, 2.45) is 0 Å². The number of benzene rings is 1. The largest absolute Gasteiger partial charge is 0.464 e. The number of pyridine rings is 1. The summed E-state index contributed by atoms with van der Waals surface area (Å²) < 4.78 is 5.86. The molecule has 0 aliphatic carbocycles. The van der Waals surface area contributed by atoms with Crippen LogP contribution in [-0.2, 0) is 0 Å². The van der Waals surface area contributed by atoms with Crippen LogP contribution in [0.4, 0.5) is 0 Å². The van der Waals surface area contributed by atoms with Crippen LogP contribution < -0.4 is 5.32 Å². The summed E-state index contributed by atoms with van der Waals surface area (Å²) in [5, 5.41) is 4.73. The minimum absolute atomic E-state index is 0.0391. The standard InChI is InChI=1S/C18H20N2O/c1-3-11-19-18(16-10-9-13(2)21-16)15-8-4-6-14-7-5-12-20-17(14)15/h4-10,12,18-19H,3,11H2,1-2H3. The summed E-state index contributed by atoms with van der Waals surface area (Å²) in [6.07, 6.45) is 2.92. The Morgan fingerprint density at radius 1 is 1.14 bits per heavy atom. The first kappa shape index (κ1) is 13.8. The number of hydrogen-bond acceptors (Lipinski definition) is 3. The van der Waals surface area contributed by atoms with Gasteiger partial charge in [-0.15, -0.1) is 0 Å². The van der Waals surface area contributed by atoms with Crippen molar-refractivity contribution in [2.45, 2.75) is 26.3 Å². The first-order valence-electron chi connectivity index (χ1n) is 7.43. The fraction of sp³-hybridized carbons (Fsp3) is 0.278. The van der Waals surface area contributed by atoms with Crippen molar-refractivity contribution < 1.29 is 4.42 Å². The molecule has 0 saturated heterocycles. The molecule has 1 aromatic carbocycles. The van der Waals surface area contributed by atoms with Crippen LogP contribution in [-0.4, -0.2) is 11.5 Å². The minimum Gasteiger partial charge on any atom is -0.464 e. The van der Waals surface area contributed by atoms with Gasteiger partial charge < -0.3 is 9.73 Å². The van der Waals surface area contributed by atoms with Gasteiger partial charge in [0.25, 0.3) is 0 Å². The lowest BCUT2D eigenvalue weighted by atomic mass is 10.0. The van der Waals surface area contributed by atoms with Gasteiger partial charge in [0.2, 0.25) is 0 Å². The Labute approximate surface area is 125 Å². The van der Waals surface area contributed by atoms with Gasteiger partial charge in [-0.05, 0) is 38.1 Å². The molecule has 0 spiro atoms. The SMILES string of the molecule is CCCNC(c1ccc(C)o1)c1cccc2cccnc12. The molecule has 1 unspecified atom stereocenters. The molecule has 3 nitrogen and oxygen atoms in total. The predicted molar refractivity (Wildman–Crippen MR) is 85.3 cm³/mol. The van der Waals surface area contributed by atoms with E-state index in [2.05, 4.69) is 41.5 Å². The third-order valence-electron chi connectivity index (χ3n) is 3.62. The molecule has 0 amide bonds. The van der Waals surface area contributed by atoms with E-state index in [0.717, 1.165) is 41.0 Å². The van der Waals surface area contributed by atoms with Crippen LogP contribution >= 0.6 is 0 Å². The lowest BCUT2D eigenvalue weighted by Crippen LogP contribution is -2.23. The summed E-state index contributed by atoms with van der Waals surface area (Å²) in [7, 11) is 0. The maximum Gasteiger partial charge on any atom is 0.125 e. The summed E-state index contributed by atoms with van der Waals surface area (Å²) in [5.41, 5.74) is 2.19. The number of fused-ring (bicyclic) bond motifs is 1. The van der Waals surface area contributed by atoms with Gasteiger partial charge in [0.1, 0.15) is 11.5 Å². The Bertz CT molecular complexity index is 727. The van der Waals surface area contributed by atoms with Crippen LogP contribution in [0.5, 0.6) is 0 Å². The number of rotatable bonds is 5. The molecule has 0 aliphatic rings. The Hall–Kier alpha value is -2.13. The summed E-state index contributed by atoms with van der Waals surface area (Å²) in [5.74, 6) is 1.88. The van der Waals surface area contributed by atoms with Crippen molar-refractivity contribution in [3.63, 3.8) is 0 Å². The maximum atomic E-state index is 5.86. The van der Waals surface area contributed by atoms with Crippen LogP contribution in [0.15, 0.2) is 53.1 Å². The molecular weight excluding hydrogens is 260 g/mol. The molecule has 21 heavy (non-hydrogen) atoms. The van der Waals surface area contributed by atoms with Gasteiger partial charge in [0.15, 0.2) is 0 Å². The number of hydrogen-bond donors (Lipinski definition) is 1. The normalized spacial score (nSPS) is 12.7. The van der Waals surface area contributed by atoms with Crippen molar-refractivity contribution in [1.82, 2.24) is 10.3 Å². The Balaban J connectivity index is 2.09. The Kier molecular flexibility index (Phi) is 4.02. The van der Waals surface area contributed by atoms with Crippen LogP contribution in [0, 0.1) is 6.92 Å². The molecule has 2 heterocycles. The van der Waals surface area contributed by atoms with Crippen LogP contribution in [0.2, 0.25) is 0 Å². The van der Waals surface area contributed by atoms with Gasteiger partial charge in [-0.2, -0.15) is 0 Å². The average molecular weight is 280 g/mol. The average Bonchev–Trinajstić information content (AvgIpc) is 2.94. The van der Waals surface area contributed by atoms with E-state index in [9.17, 15) is 0 Å². The first-order valence-corrected chi connectivity index (χ1v) is 7.43. The van der Waals surface area contributed by atoms with Crippen LogP contribution in [0.1, 0.15) is 36.5 Å². The van der Waals surface area contributed by atoms with Crippen molar-refractivity contribution >= 4 is 10.9 Å². The lowest BCUT2D eigenvalue weighted by Gasteiger charge is -2.18.